The van der Waals surface area contributed by atoms with Crippen LogP contribution in [0.4, 0.5) is 5.95 Å². The van der Waals surface area contributed by atoms with Crippen molar-refractivity contribution >= 4 is 24.0 Å². The molecule has 0 spiro atoms. The molecule has 0 saturated carbocycles. The largest absolute Gasteiger partial charge is 0.472 e. The second-order valence-corrected chi connectivity index (χ2v) is 10.0. The number of piperazine rings is 1. The minimum Gasteiger partial charge on any atom is -0.472 e. The molecule has 2 aromatic carbocycles. The summed E-state index contributed by atoms with van der Waals surface area (Å²) >= 11 is 1.49. The van der Waals surface area contributed by atoms with E-state index in [0.29, 0.717) is 23.0 Å². The van der Waals surface area contributed by atoms with Crippen molar-refractivity contribution in [2.24, 2.45) is 0 Å². The van der Waals surface area contributed by atoms with Gasteiger partial charge in [-0.1, -0.05) is 30.0 Å². The van der Waals surface area contributed by atoms with E-state index in [1.807, 2.05) is 30.3 Å². The number of benzene rings is 2. The van der Waals surface area contributed by atoms with Gasteiger partial charge in [0.05, 0.1) is 22.7 Å². The molecule has 34 heavy (non-hydrogen) atoms. The number of carbonyl (C=O) groups is 1. The van der Waals surface area contributed by atoms with Gasteiger partial charge < -0.3 is 9.64 Å². The lowest BCUT2D eigenvalue weighted by Gasteiger charge is -2.45. The molecule has 0 radical (unpaired) electrons. The van der Waals surface area contributed by atoms with Gasteiger partial charge in [-0.3, -0.25) is 9.69 Å². The van der Waals surface area contributed by atoms with Gasteiger partial charge in [0.1, 0.15) is 12.9 Å². The molecule has 0 unspecified atom stereocenters. The lowest BCUT2D eigenvalue weighted by atomic mass is 10.0. The number of likely N-dealkylation sites (N-methyl/N-ethyl adjacent to an activating group) is 1. The average molecular weight is 474 g/mol. The highest BCUT2D eigenvalue weighted by atomic mass is 32.2. The zero-order chi connectivity index (χ0) is 24.1. The van der Waals surface area contributed by atoms with E-state index in [-0.39, 0.29) is 12.1 Å². The molecular weight excluding hydrogens is 446 g/mol. The molecule has 0 atom stereocenters. The van der Waals surface area contributed by atoms with Crippen LogP contribution in [0.25, 0.3) is 0 Å². The number of aromatic nitrogens is 2. The molecule has 1 aromatic heterocycles. The van der Waals surface area contributed by atoms with Gasteiger partial charge >= 0.3 is 0 Å². The fraction of sp³-hybridized carbons (Fsp3) is 0.308. The molecule has 1 aliphatic rings. The van der Waals surface area contributed by atoms with Crippen LogP contribution in [0.1, 0.15) is 35.3 Å². The highest BCUT2D eigenvalue weighted by Gasteiger charge is 2.32. The molecule has 2 heterocycles. The maximum Gasteiger partial charge on any atom is 0.232 e. The van der Waals surface area contributed by atoms with Gasteiger partial charge in [0.25, 0.3) is 0 Å². The summed E-state index contributed by atoms with van der Waals surface area (Å²) in [5, 5.41) is 9.06. The lowest BCUT2D eigenvalue weighted by Crippen LogP contribution is -2.58. The summed E-state index contributed by atoms with van der Waals surface area (Å²) in [5.74, 6) is 1.13. The Bertz CT molecular complexity index is 1210. The van der Waals surface area contributed by atoms with Gasteiger partial charge in [-0.2, -0.15) is 10.2 Å². The van der Waals surface area contributed by atoms with E-state index < -0.39 is 0 Å². The zero-order valence-electron chi connectivity index (χ0n) is 19.6. The van der Waals surface area contributed by atoms with Crippen molar-refractivity contribution in [1.82, 2.24) is 14.9 Å². The first-order valence-corrected chi connectivity index (χ1v) is 11.9. The molecular formula is C26H27N5O2S. The summed E-state index contributed by atoms with van der Waals surface area (Å²) in [6.07, 6.45) is 2.63. The fourth-order valence-electron chi connectivity index (χ4n) is 3.72. The summed E-state index contributed by atoms with van der Waals surface area (Å²) in [7, 11) is 2.14. The quantitative estimate of drug-likeness (QED) is 0.467. The third-order valence-corrected chi connectivity index (χ3v) is 6.99. The number of hydrogen-bond donors (Lipinski definition) is 0. The topological polar surface area (TPSA) is 82.4 Å². The predicted molar refractivity (Wildman–Crippen MR) is 132 cm³/mol. The zero-order valence-corrected chi connectivity index (χ0v) is 20.4. The number of hydrogen-bond acceptors (Lipinski definition) is 8. The van der Waals surface area contributed by atoms with E-state index >= 15 is 0 Å². The smallest absolute Gasteiger partial charge is 0.232 e. The molecule has 0 aliphatic carbocycles. The average Bonchev–Trinajstić information content (AvgIpc) is 2.85. The monoisotopic (exact) mass is 473 g/mol. The Morgan fingerprint density at radius 2 is 2.00 bits per heavy atom. The van der Waals surface area contributed by atoms with Crippen LogP contribution in [-0.4, -0.2) is 53.4 Å². The molecule has 7 nitrogen and oxygen atoms in total. The second kappa shape index (κ2) is 10.2. The molecule has 8 heteroatoms. The van der Waals surface area contributed by atoms with Gasteiger partial charge in [-0.25, -0.2) is 4.98 Å². The van der Waals surface area contributed by atoms with Gasteiger partial charge in [0.15, 0.2) is 0 Å². The van der Waals surface area contributed by atoms with Crippen LogP contribution < -0.4 is 9.64 Å². The molecule has 174 valence electrons. The highest BCUT2D eigenvalue weighted by molar-refractivity contribution is 7.99. The minimum atomic E-state index is 0.00775. The van der Waals surface area contributed by atoms with Crippen LogP contribution >= 0.6 is 11.8 Å². The molecule has 1 aliphatic heterocycles. The van der Waals surface area contributed by atoms with E-state index in [2.05, 4.69) is 41.7 Å². The van der Waals surface area contributed by atoms with Crippen LogP contribution in [0, 0.1) is 11.3 Å². The van der Waals surface area contributed by atoms with Gasteiger partial charge in [0.2, 0.25) is 11.8 Å². The summed E-state index contributed by atoms with van der Waals surface area (Å²) in [6.45, 7) is 7.28. The van der Waals surface area contributed by atoms with Crippen molar-refractivity contribution in [2.75, 3.05) is 31.6 Å². The first-order valence-electron chi connectivity index (χ1n) is 11.1. The highest BCUT2D eigenvalue weighted by Crippen LogP contribution is 2.35. The molecule has 1 fully saturated rings. The number of ether oxygens (including phenoxy) is 1. The third kappa shape index (κ3) is 5.56. The molecule has 1 saturated heterocycles. The first-order chi connectivity index (χ1) is 16.4. The Hall–Kier alpha value is -3.41. The van der Waals surface area contributed by atoms with E-state index in [1.54, 1.807) is 24.4 Å². The van der Waals surface area contributed by atoms with Gasteiger partial charge in [0, 0.05) is 35.6 Å². The number of rotatable bonds is 7. The van der Waals surface area contributed by atoms with E-state index in [1.165, 1.54) is 11.8 Å². The van der Waals surface area contributed by atoms with E-state index in [9.17, 15) is 4.79 Å². The van der Waals surface area contributed by atoms with Crippen LogP contribution in [0.5, 0.6) is 5.88 Å². The molecule has 0 bridgehead atoms. The second-order valence-electron chi connectivity index (χ2n) is 8.88. The number of aldehydes is 1. The molecule has 3 aromatic rings. The Kier molecular flexibility index (Phi) is 7.15. The van der Waals surface area contributed by atoms with Crippen LogP contribution in [0.3, 0.4) is 0 Å². The Morgan fingerprint density at radius 1 is 1.21 bits per heavy atom. The minimum absolute atomic E-state index is 0.00775. The Balaban J connectivity index is 1.61. The first kappa shape index (κ1) is 23.7. The van der Waals surface area contributed by atoms with Gasteiger partial charge in [-0.15, -0.1) is 0 Å². The maximum absolute atomic E-state index is 11.1. The normalized spacial score (nSPS) is 15.5. The van der Waals surface area contributed by atoms with Crippen molar-refractivity contribution < 1.29 is 9.53 Å². The van der Waals surface area contributed by atoms with Crippen molar-refractivity contribution in [1.29, 1.82) is 5.26 Å². The Labute approximate surface area is 204 Å². The van der Waals surface area contributed by atoms with Crippen molar-refractivity contribution in [3.05, 3.63) is 71.4 Å². The van der Waals surface area contributed by atoms with Crippen LogP contribution in [0.15, 0.2) is 64.5 Å². The third-order valence-electron chi connectivity index (χ3n) is 5.98. The van der Waals surface area contributed by atoms with Crippen molar-refractivity contribution in [3.8, 4) is 11.9 Å². The maximum atomic E-state index is 11.1. The summed E-state index contributed by atoms with van der Waals surface area (Å²) < 4.78 is 6.17. The number of carbonyl (C=O) groups excluding carboxylic acids is 1. The number of nitrogens with zero attached hydrogens (tertiary/aromatic N) is 5. The van der Waals surface area contributed by atoms with Crippen molar-refractivity contribution in [3.63, 3.8) is 0 Å². The SMILES string of the molecule is CN1CCN(c2ncc(Sc3ccc(C#N)cc3)c(OCc3cccc(C=O)c3)n2)CC1(C)C. The molecule has 0 N–H and O–H groups in total. The predicted octanol–water partition coefficient (Wildman–Crippen LogP) is 4.42. The summed E-state index contributed by atoms with van der Waals surface area (Å²) in [4.78, 5) is 26.9. The van der Waals surface area contributed by atoms with E-state index in [4.69, 9.17) is 15.0 Å². The lowest BCUT2D eigenvalue weighted by molar-refractivity contribution is 0.112. The summed E-state index contributed by atoms with van der Waals surface area (Å²) in [6, 6.07) is 16.9. The number of nitriles is 1. The number of anilines is 1. The Morgan fingerprint density at radius 3 is 2.71 bits per heavy atom. The van der Waals surface area contributed by atoms with Gasteiger partial charge in [-0.05, 0) is 56.8 Å². The van der Waals surface area contributed by atoms with Crippen LogP contribution in [-0.2, 0) is 6.61 Å². The molecule has 0 amide bonds. The van der Waals surface area contributed by atoms with E-state index in [0.717, 1.165) is 41.3 Å². The standard InChI is InChI=1S/C26H27N5O2S/c1-26(2)18-31(12-11-30(26)3)25-28-15-23(34-22-9-7-19(14-27)8-10-22)24(29-25)33-17-21-6-4-5-20(13-21)16-32/h4-10,13,15-16H,11-12,17-18H2,1-3H3. The molecule has 4 rings (SSSR count). The fourth-order valence-corrected chi connectivity index (χ4v) is 4.54. The summed E-state index contributed by atoms with van der Waals surface area (Å²) in [5.41, 5.74) is 2.12. The van der Waals surface area contributed by atoms with Crippen molar-refractivity contribution in [2.45, 2.75) is 35.8 Å². The van der Waals surface area contributed by atoms with Crippen LogP contribution in [0.2, 0.25) is 0 Å².